The first kappa shape index (κ1) is 22.9. The summed E-state index contributed by atoms with van der Waals surface area (Å²) < 4.78 is 6.08. The molecule has 0 bridgehead atoms. The third-order valence-corrected chi connectivity index (χ3v) is 5.92. The molecule has 1 N–H and O–H groups in total. The molecule has 7 heteroatoms. The van der Waals surface area contributed by atoms with Gasteiger partial charge in [0.15, 0.2) is 5.96 Å². The van der Waals surface area contributed by atoms with Crippen LogP contribution in [0.1, 0.15) is 43.3 Å². The van der Waals surface area contributed by atoms with Crippen molar-refractivity contribution >= 4 is 41.3 Å². The van der Waals surface area contributed by atoms with Gasteiger partial charge in [-0.15, -0.1) is 35.3 Å². The van der Waals surface area contributed by atoms with Gasteiger partial charge in [-0.05, 0) is 12.1 Å². The Morgan fingerprint density at radius 1 is 1.29 bits per heavy atom. The van der Waals surface area contributed by atoms with E-state index in [1.807, 2.05) is 37.4 Å². The fourth-order valence-electron chi connectivity index (χ4n) is 3.21. The van der Waals surface area contributed by atoms with E-state index >= 15 is 0 Å². The zero-order valence-corrected chi connectivity index (χ0v) is 20.1. The summed E-state index contributed by atoms with van der Waals surface area (Å²) in [5, 5.41) is 6.88. The summed E-state index contributed by atoms with van der Waals surface area (Å²) in [6.07, 6.45) is 3.24. The Kier molecular flexibility index (Phi) is 9.50. The first-order valence-electron chi connectivity index (χ1n) is 9.77. The second-order valence-corrected chi connectivity index (χ2v) is 8.06. The molecule has 1 saturated heterocycles. The molecule has 28 heavy (non-hydrogen) atoms. The van der Waals surface area contributed by atoms with Crippen molar-refractivity contribution in [2.75, 3.05) is 26.7 Å². The molecular weight excluding hydrogens is 483 g/mol. The van der Waals surface area contributed by atoms with E-state index in [0.717, 1.165) is 50.6 Å². The summed E-state index contributed by atoms with van der Waals surface area (Å²) in [4.78, 5) is 11.5. The average molecular weight is 514 g/mol. The Hall–Kier alpha value is -1.35. The van der Waals surface area contributed by atoms with Gasteiger partial charge in [-0.2, -0.15) is 0 Å². The van der Waals surface area contributed by atoms with Crippen molar-refractivity contribution in [2.45, 2.75) is 45.1 Å². The van der Waals surface area contributed by atoms with Crippen molar-refractivity contribution in [2.24, 2.45) is 4.99 Å². The topological polar surface area (TPSA) is 49.8 Å². The highest BCUT2D eigenvalue weighted by molar-refractivity contribution is 14.0. The van der Waals surface area contributed by atoms with Crippen LogP contribution >= 0.6 is 35.3 Å². The number of ether oxygens (including phenoxy) is 1. The van der Waals surface area contributed by atoms with Crippen LogP contribution in [-0.2, 0) is 6.42 Å². The van der Waals surface area contributed by atoms with Gasteiger partial charge in [0.1, 0.15) is 11.9 Å². The lowest BCUT2D eigenvalue weighted by Crippen LogP contribution is -2.47. The number of hydrogen-bond acceptors (Lipinski definition) is 4. The largest absolute Gasteiger partial charge is 0.490 e. The van der Waals surface area contributed by atoms with Gasteiger partial charge in [0.05, 0.1) is 10.7 Å². The normalized spacial score (nSPS) is 15.4. The van der Waals surface area contributed by atoms with Gasteiger partial charge in [-0.25, -0.2) is 4.98 Å². The van der Waals surface area contributed by atoms with E-state index in [9.17, 15) is 0 Å². The number of aromatic nitrogens is 1. The molecule has 0 saturated carbocycles. The van der Waals surface area contributed by atoms with Crippen LogP contribution in [0.2, 0.25) is 0 Å². The van der Waals surface area contributed by atoms with Gasteiger partial charge >= 0.3 is 0 Å². The number of likely N-dealkylation sites (tertiary alicyclic amines) is 1. The smallest absolute Gasteiger partial charge is 0.193 e. The van der Waals surface area contributed by atoms with E-state index < -0.39 is 0 Å². The Bertz CT molecular complexity index is 727. The van der Waals surface area contributed by atoms with E-state index in [1.165, 1.54) is 10.7 Å². The quantitative estimate of drug-likeness (QED) is 0.349. The number of benzene rings is 1. The van der Waals surface area contributed by atoms with E-state index in [-0.39, 0.29) is 30.1 Å². The van der Waals surface area contributed by atoms with Crippen LogP contribution in [0.5, 0.6) is 5.75 Å². The summed E-state index contributed by atoms with van der Waals surface area (Å²) in [7, 11) is 1.86. The van der Waals surface area contributed by atoms with Crippen LogP contribution in [0.3, 0.4) is 0 Å². The number of guanidine groups is 1. The molecule has 0 spiro atoms. The monoisotopic (exact) mass is 514 g/mol. The van der Waals surface area contributed by atoms with Crippen LogP contribution < -0.4 is 10.1 Å². The van der Waals surface area contributed by atoms with E-state index in [4.69, 9.17) is 9.72 Å². The van der Waals surface area contributed by atoms with Crippen LogP contribution in [-0.4, -0.2) is 48.6 Å². The van der Waals surface area contributed by atoms with Crippen molar-refractivity contribution in [1.29, 1.82) is 0 Å². The average Bonchev–Trinajstić information content (AvgIpc) is 3.16. The standard InChI is InChI=1S/C21H30N4OS.HI/c1-16(2)20-24-17(15-27-20)9-12-23-21(22-3)25-13-10-19(11-14-25)26-18-7-5-4-6-8-18;/h4-8,15-16,19H,9-14H2,1-3H3,(H,22,23);1H. The molecule has 1 aromatic carbocycles. The molecule has 3 rings (SSSR count). The predicted molar refractivity (Wildman–Crippen MR) is 128 cm³/mol. The molecule has 0 aliphatic carbocycles. The van der Waals surface area contributed by atoms with Crippen LogP contribution in [0.4, 0.5) is 0 Å². The fourth-order valence-corrected chi connectivity index (χ4v) is 4.08. The molecule has 0 atom stereocenters. The minimum Gasteiger partial charge on any atom is -0.490 e. The minimum atomic E-state index is 0. The number of aliphatic imine (C=N–C) groups is 1. The van der Waals surface area contributed by atoms with Gasteiger partial charge in [0.2, 0.25) is 0 Å². The van der Waals surface area contributed by atoms with Crippen molar-refractivity contribution in [3.05, 3.63) is 46.4 Å². The van der Waals surface area contributed by atoms with Gasteiger partial charge in [-0.3, -0.25) is 4.99 Å². The number of thiazole rings is 1. The SMILES string of the molecule is CN=C(NCCc1csc(C(C)C)n1)N1CCC(Oc2ccccc2)CC1.I. The Labute approximate surface area is 189 Å². The second-order valence-electron chi connectivity index (χ2n) is 7.17. The Balaban J connectivity index is 0.00000280. The zero-order valence-electron chi connectivity index (χ0n) is 16.9. The maximum absolute atomic E-state index is 6.08. The second kappa shape index (κ2) is 11.6. The predicted octanol–water partition coefficient (Wildman–Crippen LogP) is 4.55. The first-order chi connectivity index (χ1) is 13.2. The number of halogens is 1. The molecule has 0 unspecified atom stereocenters. The Morgan fingerprint density at radius 2 is 2.00 bits per heavy atom. The summed E-state index contributed by atoms with van der Waals surface area (Å²) >= 11 is 1.76. The van der Waals surface area contributed by atoms with Gasteiger partial charge < -0.3 is 15.0 Å². The van der Waals surface area contributed by atoms with Crippen molar-refractivity contribution in [3.8, 4) is 5.75 Å². The number of rotatable bonds is 6. The van der Waals surface area contributed by atoms with Crippen molar-refractivity contribution < 1.29 is 4.74 Å². The van der Waals surface area contributed by atoms with Gasteiger partial charge in [0.25, 0.3) is 0 Å². The number of nitrogens with one attached hydrogen (secondary N) is 1. The van der Waals surface area contributed by atoms with Crippen LogP contribution in [0, 0.1) is 0 Å². The first-order valence-corrected chi connectivity index (χ1v) is 10.6. The van der Waals surface area contributed by atoms with Crippen LogP contribution in [0.15, 0.2) is 40.7 Å². The highest BCUT2D eigenvalue weighted by Crippen LogP contribution is 2.20. The lowest BCUT2D eigenvalue weighted by Gasteiger charge is -2.34. The maximum Gasteiger partial charge on any atom is 0.193 e. The van der Waals surface area contributed by atoms with Crippen LogP contribution in [0.25, 0.3) is 0 Å². The van der Waals surface area contributed by atoms with Gasteiger partial charge in [-0.1, -0.05) is 32.0 Å². The number of nitrogens with zero attached hydrogens (tertiary/aromatic N) is 3. The molecule has 5 nitrogen and oxygen atoms in total. The van der Waals surface area contributed by atoms with E-state index in [1.54, 1.807) is 11.3 Å². The number of hydrogen-bond donors (Lipinski definition) is 1. The summed E-state index contributed by atoms with van der Waals surface area (Å²) in [5.41, 5.74) is 1.17. The molecule has 1 aliphatic heterocycles. The third kappa shape index (κ3) is 6.62. The molecule has 1 fully saturated rings. The number of para-hydroxylation sites is 1. The highest BCUT2D eigenvalue weighted by atomic mass is 127. The molecular formula is C21H31IN4OS. The molecule has 1 aliphatic rings. The highest BCUT2D eigenvalue weighted by Gasteiger charge is 2.22. The molecule has 1 aromatic heterocycles. The summed E-state index contributed by atoms with van der Waals surface area (Å²) in [5.74, 6) is 2.44. The van der Waals surface area contributed by atoms with E-state index in [2.05, 4.69) is 34.4 Å². The molecule has 2 heterocycles. The summed E-state index contributed by atoms with van der Waals surface area (Å²) in [6.45, 7) is 7.16. The maximum atomic E-state index is 6.08. The molecule has 154 valence electrons. The fraction of sp³-hybridized carbons (Fsp3) is 0.524. The van der Waals surface area contributed by atoms with Gasteiger partial charge in [0, 0.05) is 57.2 Å². The Morgan fingerprint density at radius 3 is 2.61 bits per heavy atom. The molecule has 0 amide bonds. The molecule has 2 aromatic rings. The third-order valence-electron chi connectivity index (χ3n) is 4.73. The van der Waals surface area contributed by atoms with E-state index in [0.29, 0.717) is 5.92 Å². The zero-order chi connectivity index (χ0) is 19.1. The van der Waals surface area contributed by atoms with Crippen molar-refractivity contribution in [1.82, 2.24) is 15.2 Å². The minimum absolute atomic E-state index is 0. The lowest BCUT2D eigenvalue weighted by atomic mass is 10.1. The van der Waals surface area contributed by atoms with Crippen molar-refractivity contribution in [3.63, 3.8) is 0 Å². The number of piperidine rings is 1. The molecule has 0 radical (unpaired) electrons. The summed E-state index contributed by atoms with van der Waals surface area (Å²) in [6, 6.07) is 10.1. The lowest BCUT2D eigenvalue weighted by molar-refractivity contribution is 0.129.